The summed E-state index contributed by atoms with van der Waals surface area (Å²) in [5.74, 6) is -0.322. The zero-order valence-electron chi connectivity index (χ0n) is 14.7. The van der Waals surface area contributed by atoms with Crippen LogP contribution < -0.4 is 0 Å². The number of carbonyl (C=O) groups excluding carboxylic acids is 1. The second-order valence-electron chi connectivity index (χ2n) is 6.28. The molecular weight excluding hydrogens is 371 g/mol. The zero-order valence-corrected chi connectivity index (χ0v) is 16.2. The molecule has 3 rings (SSSR count). The maximum atomic E-state index is 13.0. The molecule has 1 aliphatic heterocycles. The van der Waals surface area contributed by atoms with E-state index >= 15 is 0 Å². The van der Waals surface area contributed by atoms with E-state index in [1.807, 2.05) is 31.2 Å². The van der Waals surface area contributed by atoms with Crippen LogP contribution in [0, 0.1) is 12.8 Å². The summed E-state index contributed by atoms with van der Waals surface area (Å²) in [7, 11) is 1.50. The maximum Gasteiger partial charge on any atom is 0.232 e. The molecule has 0 bridgehead atoms. The first-order valence-corrected chi connectivity index (χ1v) is 9.17. The minimum atomic E-state index is -0.336. The molecule has 0 radical (unpaired) electrons. The summed E-state index contributed by atoms with van der Waals surface area (Å²) in [4.78, 5) is 19.9. The Bertz CT molecular complexity index is 831. The number of hydrogen-bond donors (Lipinski definition) is 0. The number of likely N-dealkylation sites (tertiary alicyclic amines) is 1. The number of hydrogen-bond acceptors (Lipinski definition) is 3. The molecule has 1 heterocycles. The largest absolute Gasteiger partial charge is 0.399 e. The predicted octanol–water partition coefficient (Wildman–Crippen LogP) is 4.70. The van der Waals surface area contributed by atoms with E-state index in [0.29, 0.717) is 35.3 Å². The Labute approximate surface area is 163 Å². The van der Waals surface area contributed by atoms with E-state index in [-0.39, 0.29) is 11.8 Å². The monoisotopic (exact) mass is 390 g/mol. The smallest absolute Gasteiger partial charge is 0.232 e. The molecular formula is C20H20Cl2N2O2. The fourth-order valence-electron chi connectivity index (χ4n) is 3.28. The van der Waals surface area contributed by atoms with Crippen LogP contribution in [0.2, 0.25) is 10.0 Å². The van der Waals surface area contributed by atoms with Gasteiger partial charge in [0, 0.05) is 34.3 Å². The lowest BCUT2D eigenvalue weighted by Crippen LogP contribution is -2.31. The van der Waals surface area contributed by atoms with Crippen molar-refractivity contribution in [3.8, 4) is 0 Å². The molecule has 0 spiro atoms. The van der Waals surface area contributed by atoms with Crippen LogP contribution >= 0.6 is 23.2 Å². The van der Waals surface area contributed by atoms with E-state index in [1.54, 1.807) is 23.1 Å². The molecule has 0 saturated carbocycles. The summed E-state index contributed by atoms with van der Waals surface area (Å²) < 4.78 is 0. The Hall–Kier alpha value is -2.04. The fourth-order valence-corrected chi connectivity index (χ4v) is 3.80. The topological polar surface area (TPSA) is 41.9 Å². The average molecular weight is 391 g/mol. The van der Waals surface area contributed by atoms with Gasteiger partial charge in [-0.05, 0) is 31.0 Å². The minimum Gasteiger partial charge on any atom is -0.399 e. The van der Waals surface area contributed by atoms with Crippen molar-refractivity contribution < 1.29 is 9.63 Å². The number of aryl methyl sites for hydroxylation is 1. The number of nitrogens with zero attached hydrogens (tertiary/aromatic N) is 2. The molecule has 0 aromatic heterocycles. The van der Waals surface area contributed by atoms with Crippen LogP contribution in [0.15, 0.2) is 47.6 Å². The number of halogens is 2. The van der Waals surface area contributed by atoms with E-state index in [9.17, 15) is 4.79 Å². The van der Waals surface area contributed by atoms with Crippen molar-refractivity contribution >= 4 is 34.8 Å². The van der Waals surface area contributed by atoms with Crippen LogP contribution in [0.25, 0.3) is 0 Å². The standard InChI is InChI=1S/C20H20Cl2N2O2/c1-13-6-3-4-7-14(13)19(23-26-2)15-10-11-24(20(15)25)12-16-17(21)8-5-9-18(16)22/h3-9,15H,10-12H2,1-2H3. The van der Waals surface area contributed by atoms with E-state index < -0.39 is 0 Å². The first kappa shape index (κ1) is 18.7. The summed E-state index contributed by atoms with van der Waals surface area (Å²) in [6.07, 6.45) is 0.678. The summed E-state index contributed by atoms with van der Waals surface area (Å²) in [5.41, 5.74) is 3.43. The lowest BCUT2D eigenvalue weighted by Gasteiger charge is -2.19. The van der Waals surface area contributed by atoms with Crippen molar-refractivity contribution in [3.63, 3.8) is 0 Å². The second-order valence-corrected chi connectivity index (χ2v) is 7.09. The van der Waals surface area contributed by atoms with Gasteiger partial charge in [-0.1, -0.05) is 58.7 Å². The number of oxime groups is 1. The summed E-state index contributed by atoms with van der Waals surface area (Å²) >= 11 is 12.5. The molecule has 6 heteroatoms. The Balaban J connectivity index is 1.86. The van der Waals surface area contributed by atoms with Gasteiger partial charge >= 0.3 is 0 Å². The maximum absolute atomic E-state index is 13.0. The van der Waals surface area contributed by atoms with Crippen molar-refractivity contribution in [3.05, 3.63) is 69.2 Å². The lowest BCUT2D eigenvalue weighted by atomic mass is 9.92. The number of rotatable bonds is 5. The van der Waals surface area contributed by atoms with E-state index in [2.05, 4.69) is 5.16 Å². The van der Waals surface area contributed by atoms with Gasteiger partial charge in [-0.2, -0.15) is 0 Å². The average Bonchev–Trinajstić information content (AvgIpc) is 2.97. The van der Waals surface area contributed by atoms with Gasteiger partial charge in [0.25, 0.3) is 0 Å². The Morgan fingerprint density at radius 3 is 2.54 bits per heavy atom. The van der Waals surface area contributed by atoms with E-state index in [1.165, 1.54) is 7.11 Å². The first-order valence-electron chi connectivity index (χ1n) is 8.41. The fraction of sp³-hybridized carbons (Fsp3) is 0.300. The van der Waals surface area contributed by atoms with Crippen molar-refractivity contribution in [1.29, 1.82) is 0 Å². The van der Waals surface area contributed by atoms with E-state index in [4.69, 9.17) is 28.0 Å². The summed E-state index contributed by atoms with van der Waals surface area (Å²) in [6, 6.07) is 13.2. The van der Waals surface area contributed by atoms with Crippen LogP contribution in [-0.4, -0.2) is 30.2 Å². The number of carbonyl (C=O) groups is 1. The van der Waals surface area contributed by atoms with E-state index in [0.717, 1.165) is 16.7 Å². The lowest BCUT2D eigenvalue weighted by molar-refractivity contribution is -0.129. The normalized spacial score (nSPS) is 17.7. The van der Waals surface area contributed by atoms with Crippen LogP contribution in [0.4, 0.5) is 0 Å². The van der Waals surface area contributed by atoms with Gasteiger partial charge in [-0.25, -0.2) is 0 Å². The van der Waals surface area contributed by atoms with Crippen LogP contribution in [0.3, 0.4) is 0 Å². The summed E-state index contributed by atoms with van der Waals surface area (Å²) in [5, 5.41) is 5.32. The molecule has 0 aliphatic carbocycles. The van der Waals surface area contributed by atoms with Gasteiger partial charge in [0.15, 0.2) is 0 Å². The van der Waals surface area contributed by atoms with Gasteiger partial charge in [0.05, 0.1) is 11.6 Å². The van der Waals surface area contributed by atoms with Gasteiger partial charge in [-0.15, -0.1) is 0 Å². The Kier molecular flexibility index (Phi) is 5.84. The van der Waals surface area contributed by atoms with Crippen molar-refractivity contribution in [1.82, 2.24) is 4.90 Å². The summed E-state index contributed by atoms with van der Waals surface area (Å²) in [6.45, 7) is 3.02. The van der Waals surface area contributed by atoms with Crippen molar-refractivity contribution in [2.24, 2.45) is 11.1 Å². The van der Waals surface area contributed by atoms with Crippen molar-refractivity contribution in [2.45, 2.75) is 19.9 Å². The van der Waals surface area contributed by atoms with Crippen LogP contribution in [-0.2, 0) is 16.2 Å². The molecule has 136 valence electrons. The molecule has 1 aliphatic rings. The Morgan fingerprint density at radius 2 is 1.88 bits per heavy atom. The van der Waals surface area contributed by atoms with Gasteiger partial charge in [0.2, 0.25) is 5.91 Å². The van der Waals surface area contributed by atoms with Crippen LogP contribution in [0.5, 0.6) is 0 Å². The Morgan fingerprint density at radius 1 is 1.19 bits per heavy atom. The third-order valence-electron chi connectivity index (χ3n) is 4.65. The van der Waals surface area contributed by atoms with Gasteiger partial charge < -0.3 is 9.74 Å². The highest BCUT2D eigenvalue weighted by Crippen LogP contribution is 2.30. The first-order chi connectivity index (χ1) is 12.5. The SMILES string of the molecule is CON=C(c1ccccc1C)C1CCN(Cc2c(Cl)cccc2Cl)C1=O. The highest BCUT2D eigenvalue weighted by Gasteiger charge is 2.37. The molecule has 1 unspecified atom stereocenters. The van der Waals surface area contributed by atoms with Gasteiger partial charge in [0.1, 0.15) is 7.11 Å². The molecule has 1 saturated heterocycles. The quantitative estimate of drug-likeness (QED) is 0.548. The third-order valence-corrected chi connectivity index (χ3v) is 5.36. The molecule has 4 nitrogen and oxygen atoms in total. The zero-order chi connectivity index (χ0) is 18.7. The highest BCUT2D eigenvalue weighted by atomic mass is 35.5. The minimum absolute atomic E-state index is 0.0139. The molecule has 26 heavy (non-hydrogen) atoms. The molecule has 2 aromatic carbocycles. The highest BCUT2D eigenvalue weighted by molar-refractivity contribution is 6.36. The van der Waals surface area contributed by atoms with Crippen molar-refractivity contribution in [2.75, 3.05) is 13.7 Å². The molecule has 0 N–H and O–H groups in total. The van der Waals surface area contributed by atoms with Crippen LogP contribution in [0.1, 0.15) is 23.1 Å². The second kappa shape index (κ2) is 8.11. The predicted molar refractivity (Wildman–Crippen MR) is 105 cm³/mol. The van der Waals surface area contributed by atoms with Gasteiger partial charge in [-0.3, -0.25) is 4.79 Å². The molecule has 2 aromatic rings. The number of benzene rings is 2. The number of amides is 1. The third kappa shape index (κ3) is 3.71. The molecule has 1 atom stereocenters. The molecule has 1 fully saturated rings. The molecule has 1 amide bonds.